The average molecular weight is 382 g/mol. The number of hydrogen-bond acceptors (Lipinski definition) is 3. The summed E-state index contributed by atoms with van der Waals surface area (Å²) in [4.78, 5) is 11.7. The summed E-state index contributed by atoms with van der Waals surface area (Å²) in [5.41, 5.74) is 0.724. The first-order chi connectivity index (χ1) is 10.8. The van der Waals surface area contributed by atoms with Crippen LogP contribution in [0.3, 0.4) is 0 Å². The fraction of sp³-hybridized carbons (Fsp3) is 0.500. The summed E-state index contributed by atoms with van der Waals surface area (Å²) in [5, 5.41) is 6.11. The maximum absolute atomic E-state index is 12.0. The predicted octanol–water partition coefficient (Wildman–Crippen LogP) is 2.46. The molecule has 23 heavy (non-hydrogen) atoms. The second-order valence-electron chi connectivity index (χ2n) is 4.75. The van der Waals surface area contributed by atoms with Gasteiger partial charge in [-0.1, -0.05) is 43.1 Å². The van der Waals surface area contributed by atoms with Crippen molar-refractivity contribution in [3.63, 3.8) is 0 Å². The smallest absolute Gasteiger partial charge is 0.315 e. The first-order valence-corrected chi connectivity index (χ1v) is 9.60. The van der Waals surface area contributed by atoms with Gasteiger partial charge in [0, 0.05) is 36.2 Å². The van der Waals surface area contributed by atoms with Crippen molar-refractivity contribution in [1.82, 2.24) is 14.9 Å². The molecule has 0 saturated carbocycles. The van der Waals surface area contributed by atoms with Crippen LogP contribution in [0.1, 0.15) is 19.4 Å². The van der Waals surface area contributed by atoms with E-state index in [0.717, 1.165) is 5.56 Å². The highest BCUT2D eigenvalue weighted by atomic mass is 35.5. The van der Waals surface area contributed by atoms with E-state index in [1.54, 1.807) is 32.0 Å². The van der Waals surface area contributed by atoms with Gasteiger partial charge in [-0.3, -0.25) is 0 Å². The van der Waals surface area contributed by atoms with Crippen LogP contribution in [0.4, 0.5) is 4.79 Å². The summed E-state index contributed by atoms with van der Waals surface area (Å²) < 4.78 is 25.3. The zero-order valence-electron chi connectivity index (χ0n) is 13.1. The second-order valence-corrected chi connectivity index (χ2v) is 7.68. The lowest BCUT2D eigenvalue weighted by Crippen LogP contribution is -2.40. The van der Waals surface area contributed by atoms with Crippen molar-refractivity contribution < 1.29 is 13.2 Å². The lowest BCUT2D eigenvalue weighted by atomic mass is 10.2. The predicted molar refractivity (Wildman–Crippen MR) is 93.4 cm³/mol. The molecule has 2 amide bonds. The number of sulfonamides is 1. The maximum Gasteiger partial charge on any atom is 0.315 e. The number of nitrogens with zero attached hydrogens (tertiary/aromatic N) is 1. The molecule has 0 aliphatic heterocycles. The summed E-state index contributed by atoms with van der Waals surface area (Å²) in [6.45, 7) is 4.65. The Morgan fingerprint density at radius 3 is 2.39 bits per heavy atom. The van der Waals surface area contributed by atoms with E-state index in [9.17, 15) is 13.2 Å². The molecule has 1 rings (SSSR count). The number of carbonyl (C=O) groups excluding carboxylic acids is 1. The van der Waals surface area contributed by atoms with Crippen LogP contribution in [0.2, 0.25) is 10.0 Å². The van der Waals surface area contributed by atoms with E-state index in [2.05, 4.69) is 10.6 Å². The number of urea groups is 1. The molecule has 0 saturated heterocycles. The highest BCUT2D eigenvalue weighted by Crippen LogP contribution is 2.20. The van der Waals surface area contributed by atoms with Gasteiger partial charge in [0.1, 0.15) is 0 Å². The van der Waals surface area contributed by atoms with Gasteiger partial charge in [0.15, 0.2) is 0 Å². The van der Waals surface area contributed by atoms with E-state index in [0.29, 0.717) is 23.1 Å². The fourth-order valence-corrected chi connectivity index (χ4v) is 3.82. The summed E-state index contributed by atoms with van der Waals surface area (Å²) in [5.74, 6) is -0.135. The van der Waals surface area contributed by atoms with Crippen molar-refractivity contribution in [1.29, 1.82) is 0 Å². The third kappa shape index (κ3) is 6.55. The number of benzene rings is 1. The Kier molecular flexibility index (Phi) is 8.11. The van der Waals surface area contributed by atoms with E-state index in [1.165, 1.54) is 4.31 Å². The number of carbonyl (C=O) groups is 1. The van der Waals surface area contributed by atoms with Gasteiger partial charge in [0.05, 0.1) is 5.75 Å². The van der Waals surface area contributed by atoms with Gasteiger partial charge in [0.2, 0.25) is 10.0 Å². The van der Waals surface area contributed by atoms with Gasteiger partial charge in [-0.25, -0.2) is 17.5 Å². The number of amides is 2. The molecule has 0 aliphatic rings. The van der Waals surface area contributed by atoms with Gasteiger partial charge in [-0.2, -0.15) is 0 Å². The Labute approximate surface area is 147 Å². The average Bonchev–Trinajstić information content (AvgIpc) is 2.47. The van der Waals surface area contributed by atoms with Crippen LogP contribution in [0, 0.1) is 0 Å². The zero-order valence-corrected chi connectivity index (χ0v) is 15.4. The molecule has 0 bridgehead atoms. The first-order valence-electron chi connectivity index (χ1n) is 7.23. The van der Waals surface area contributed by atoms with Gasteiger partial charge >= 0.3 is 6.03 Å². The highest BCUT2D eigenvalue weighted by Gasteiger charge is 2.18. The largest absolute Gasteiger partial charge is 0.337 e. The molecule has 6 nitrogen and oxygen atoms in total. The lowest BCUT2D eigenvalue weighted by Gasteiger charge is -2.18. The molecular weight excluding hydrogens is 361 g/mol. The summed E-state index contributed by atoms with van der Waals surface area (Å²) in [7, 11) is -3.34. The standard InChI is InChI=1S/C14H21Cl2N3O3S/c1-3-19(4-2)23(21,22)8-7-17-14(20)18-10-11-5-6-12(15)9-13(11)16/h5-6,9H,3-4,7-8,10H2,1-2H3,(H2,17,18,20). The van der Waals surface area contributed by atoms with E-state index >= 15 is 0 Å². The third-order valence-corrected chi connectivity index (χ3v) is 5.81. The van der Waals surface area contributed by atoms with Crippen LogP contribution in [0.25, 0.3) is 0 Å². The Bertz CT molecular complexity index is 634. The fourth-order valence-electron chi connectivity index (χ4n) is 1.94. The molecule has 1 aromatic rings. The van der Waals surface area contributed by atoms with Crippen LogP contribution in [0.5, 0.6) is 0 Å². The molecule has 2 N–H and O–H groups in total. The Morgan fingerprint density at radius 1 is 1.17 bits per heavy atom. The molecule has 0 fully saturated rings. The van der Waals surface area contributed by atoms with Gasteiger partial charge in [0.25, 0.3) is 0 Å². The van der Waals surface area contributed by atoms with Crippen LogP contribution in [-0.2, 0) is 16.6 Å². The summed E-state index contributed by atoms with van der Waals surface area (Å²) in [6.07, 6.45) is 0. The molecule has 1 aromatic carbocycles. The van der Waals surface area contributed by atoms with Gasteiger partial charge < -0.3 is 10.6 Å². The highest BCUT2D eigenvalue weighted by molar-refractivity contribution is 7.89. The Hall–Kier alpha value is -1.02. The zero-order chi connectivity index (χ0) is 17.5. The van der Waals surface area contributed by atoms with Crippen molar-refractivity contribution in [2.24, 2.45) is 0 Å². The quantitative estimate of drug-likeness (QED) is 0.725. The van der Waals surface area contributed by atoms with Crippen LogP contribution >= 0.6 is 23.2 Å². The molecule has 9 heteroatoms. The van der Waals surface area contributed by atoms with Crippen LogP contribution < -0.4 is 10.6 Å². The van der Waals surface area contributed by atoms with E-state index in [4.69, 9.17) is 23.2 Å². The molecule has 0 aromatic heterocycles. The summed E-state index contributed by atoms with van der Waals surface area (Å²) in [6, 6.07) is 4.54. The molecular formula is C14H21Cl2N3O3S. The molecule has 0 atom stereocenters. The van der Waals surface area contributed by atoms with E-state index < -0.39 is 16.1 Å². The minimum Gasteiger partial charge on any atom is -0.337 e. The van der Waals surface area contributed by atoms with Gasteiger partial charge in [-0.05, 0) is 17.7 Å². The number of halogens is 2. The van der Waals surface area contributed by atoms with Crippen LogP contribution in [-0.4, -0.2) is 44.1 Å². The summed E-state index contributed by atoms with van der Waals surface area (Å²) >= 11 is 11.8. The maximum atomic E-state index is 12.0. The van der Waals surface area contributed by atoms with Crippen LogP contribution in [0.15, 0.2) is 18.2 Å². The van der Waals surface area contributed by atoms with Crippen molar-refractivity contribution in [3.8, 4) is 0 Å². The Morgan fingerprint density at radius 2 is 1.83 bits per heavy atom. The SMILES string of the molecule is CCN(CC)S(=O)(=O)CCNC(=O)NCc1ccc(Cl)cc1Cl. The number of rotatable bonds is 8. The number of nitrogens with one attached hydrogen (secondary N) is 2. The number of hydrogen-bond donors (Lipinski definition) is 2. The van der Waals surface area contributed by atoms with E-state index in [-0.39, 0.29) is 18.8 Å². The van der Waals surface area contributed by atoms with Crippen molar-refractivity contribution in [3.05, 3.63) is 33.8 Å². The third-order valence-electron chi connectivity index (χ3n) is 3.20. The second kappa shape index (κ2) is 9.32. The van der Waals surface area contributed by atoms with Crippen molar-refractivity contribution in [2.75, 3.05) is 25.4 Å². The minimum atomic E-state index is -3.34. The monoisotopic (exact) mass is 381 g/mol. The molecule has 130 valence electrons. The molecule has 0 unspecified atom stereocenters. The normalized spacial score (nSPS) is 11.5. The lowest BCUT2D eigenvalue weighted by molar-refractivity contribution is 0.241. The molecule has 0 heterocycles. The van der Waals surface area contributed by atoms with Gasteiger partial charge in [-0.15, -0.1) is 0 Å². The molecule has 0 aliphatic carbocycles. The topological polar surface area (TPSA) is 78.5 Å². The first kappa shape index (κ1) is 20.0. The minimum absolute atomic E-state index is 0.0407. The van der Waals surface area contributed by atoms with E-state index in [1.807, 2.05) is 0 Å². The van der Waals surface area contributed by atoms with Crippen molar-refractivity contribution >= 4 is 39.3 Å². The molecule has 0 radical (unpaired) electrons. The Balaban J connectivity index is 2.40. The van der Waals surface area contributed by atoms with Crippen molar-refractivity contribution in [2.45, 2.75) is 20.4 Å². The molecule has 0 spiro atoms.